The number of amides is 1. The summed E-state index contributed by atoms with van der Waals surface area (Å²) in [6.45, 7) is 7.56. The highest BCUT2D eigenvalue weighted by atomic mass is 32.3. The van der Waals surface area contributed by atoms with Crippen molar-refractivity contribution in [3.05, 3.63) is 48.1 Å². The lowest BCUT2D eigenvalue weighted by Gasteiger charge is -2.39. The molecule has 9 nitrogen and oxygen atoms in total. The minimum atomic E-state index is -0.477. The van der Waals surface area contributed by atoms with Crippen LogP contribution >= 0.6 is 24.7 Å². The summed E-state index contributed by atoms with van der Waals surface area (Å²) in [6, 6.07) is 0. The SMILES string of the molecule is CCN(CCOC)C(=O)C1(C)CCC(c2nc3c(-c4cnn(C5=CCCC=C5)c4)cnn3c(N(SF)SF)c2C)CC1. The molecule has 1 fully saturated rings. The zero-order valence-corrected chi connectivity index (χ0v) is 26.1. The Labute approximate surface area is 254 Å². The van der Waals surface area contributed by atoms with E-state index in [1.165, 1.54) is 4.52 Å². The molecule has 1 amide bonds. The molecule has 226 valence electrons. The zero-order valence-electron chi connectivity index (χ0n) is 24.4. The highest BCUT2D eigenvalue weighted by Gasteiger charge is 2.41. The van der Waals surface area contributed by atoms with Crippen LogP contribution in [0.4, 0.5) is 13.6 Å². The quantitative estimate of drug-likeness (QED) is 0.211. The monoisotopic (exact) mass is 617 g/mol. The minimum absolute atomic E-state index is 0.0303. The molecule has 2 aliphatic carbocycles. The Morgan fingerprint density at radius 1 is 1.19 bits per heavy atom. The van der Waals surface area contributed by atoms with Crippen LogP contribution in [-0.4, -0.2) is 62.0 Å². The smallest absolute Gasteiger partial charge is 0.228 e. The van der Waals surface area contributed by atoms with E-state index in [0.29, 0.717) is 43.7 Å². The van der Waals surface area contributed by atoms with Gasteiger partial charge in [-0.1, -0.05) is 19.1 Å². The Morgan fingerprint density at radius 3 is 2.60 bits per heavy atom. The molecule has 0 N–H and O–H groups in total. The van der Waals surface area contributed by atoms with Crippen LogP contribution in [0, 0.1) is 12.3 Å². The van der Waals surface area contributed by atoms with Crippen molar-refractivity contribution in [2.75, 3.05) is 30.5 Å². The van der Waals surface area contributed by atoms with Crippen molar-refractivity contribution >= 4 is 47.7 Å². The van der Waals surface area contributed by atoms with Gasteiger partial charge in [-0.25, -0.2) is 9.67 Å². The maximum absolute atomic E-state index is 14.0. The predicted octanol–water partition coefficient (Wildman–Crippen LogP) is 7.12. The number of hydrogen-bond acceptors (Lipinski definition) is 8. The van der Waals surface area contributed by atoms with Crippen molar-refractivity contribution in [1.82, 2.24) is 29.3 Å². The summed E-state index contributed by atoms with van der Waals surface area (Å²) < 4.78 is 37.4. The van der Waals surface area contributed by atoms with E-state index in [1.807, 2.05) is 42.6 Å². The van der Waals surface area contributed by atoms with E-state index in [2.05, 4.69) is 22.3 Å². The van der Waals surface area contributed by atoms with Crippen LogP contribution in [0.5, 0.6) is 0 Å². The average molecular weight is 618 g/mol. The largest absolute Gasteiger partial charge is 0.383 e. The van der Waals surface area contributed by atoms with E-state index in [9.17, 15) is 12.6 Å². The van der Waals surface area contributed by atoms with E-state index in [1.54, 1.807) is 19.5 Å². The van der Waals surface area contributed by atoms with E-state index >= 15 is 0 Å². The van der Waals surface area contributed by atoms with Crippen LogP contribution in [-0.2, 0) is 9.53 Å². The molecule has 0 unspecified atom stereocenters. The normalized spacial score (nSPS) is 20.6. The summed E-state index contributed by atoms with van der Waals surface area (Å²) in [7, 11) is 1.64. The fourth-order valence-corrected chi connectivity index (χ4v) is 6.71. The van der Waals surface area contributed by atoms with Gasteiger partial charge in [0.2, 0.25) is 5.91 Å². The molecule has 5 rings (SSSR count). The molecule has 0 spiro atoms. The van der Waals surface area contributed by atoms with Crippen molar-refractivity contribution in [3.63, 3.8) is 0 Å². The second-order valence-corrected chi connectivity index (χ2v) is 12.4. The average Bonchev–Trinajstić information content (AvgIpc) is 3.67. The molecule has 2 aliphatic rings. The van der Waals surface area contributed by atoms with Gasteiger partial charge in [0.25, 0.3) is 0 Å². The van der Waals surface area contributed by atoms with Crippen LogP contribution < -0.4 is 3.71 Å². The highest BCUT2D eigenvalue weighted by molar-refractivity contribution is 8.13. The first-order valence-corrected chi connectivity index (χ1v) is 15.7. The lowest BCUT2D eigenvalue weighted by Crippen LogP contribution is -2.45. The van der Waals surface area contributed by atoms with Gasteiger partial charge in [-0.05, 0) is 58.4 Å². The molecule has 1 saturated carbocycles. The first-order valence-electron chi connectivity index (χ1n) is 14.3. The third kappa shape index (κ3) is 5.83. The molecular formula is C29H37F2N7O2S2. The van der Waals surface area contributed by atoms with Crippen molar-refractivity contribution in [2.45, 2.75) is 65.2 Å². The van der Waals surface area contributed by atoms with Crippen LogP contribution in [0.2, 0.25) is 0 Å². The third-order valence-corrected chi connectivity index (χ3v) is 9.48. The van der Waals surface area contributed by atoms with Gasteiger partial charge in [-0.2, -0.15) is 18.4 Å². The number of allylic oxidation sites excluding steroid dienone is 4. The highest BCUT2D eigenvalue weighted by Crippen LogP contribution is 2.46. The minimum Gasteiger partial charge on any atom is -0.383 e. The first kappa shape index (κ1) is 30.6. The van der Waals surface area contributed by atoms with Crippen LogP contribution in [0.25, 0.3) is 22.5 Å². The van der Waals surface area contributed by atoms with Gasteiger partial charge < -0.3 is 9.64 Å². The van der Waals surface area contributed by atoms with Crippen molar-refractivity contribution in [2.24, 2.45) is 5.41 Å². The fourth-order valence-electron chi connectivity index (χ4n) is 6.07. The van der Waals surface area contributed by atoms with Gasteiger partial charge >= 0.3 is 0 Å². The maximum atomic E-state index is 14.0. The number of nitrogens with zero attached hydrogens (tertiary/aromatic N) is 7. The Hall–Kier alpha value is -2.90. The number of methoxy groups -OCH3 is 1. The number of likely N-dealkylation sites (N-methyl/N-ethyl adjacent to an activating group) is 1. The molecule has 13 heteroatoms. The van der Waals surface area contributed by atoms with Crippen molar-refractivity contribution < 1.29 is 17.3 Å². The van der Waals surface area contributed by atoms with Gasteiger partial charge in [-0.15, -0.1) is 7.77 Å². The Bertz CT molecular complexity index is 1480. The molecule has 42 heavy (non-hydrogen) atoms. The topological polar surface area (TPSA) is 80.8 Å². The maximum Gasteiger partial charge on any atom is 0.228 e. The van der Waals surface area contributed by atoms with Crippen LogP contribution in [0.15, 0.2) is 36.8 Å². The molecule has 3 aromatic heterocycles. The van der Waals surface area contributed by atoms with Gasteiger partial charge in [0.05, 0.1) is 30.4 Å². The van der Waals surface area contributed by atoms with Crippen LogP contribution in [0.3, 0.4) is 0 Å². The molecule has 3 heterocycles. The lowest BCUT2D eigenvalue weighted by molar-refractivity contribution is -0.143. The standard InChI is InChI=1S/C29H37F2N7O2S2/c1-5-35(15-16-40-4)28(39)29(3)13-11-21(12-14-29)25-20(2)27(38(41-30)42-31)37-26(34-25)24(18-33-37)22-17-32-36(19-22)23-9-7-6-8-10-23/h7,9-10,17-19,21H,5-6,8,11-16H2,1-4H3. The molecule has 3 aromatic rings. The molecule has 0 saturated heterocycles. The van der Waals surface area contributed by atoms with Gasteiger partial charge in [0.1, 0.15) is 0 Å². The fraction of sp³-hybridized carbons (Fsp3) is 0.517. The Kier molecular flexibility index (Phi) is 9.58. The van der Waals surface area contributed by atoms with E-state index in [4.69, 9.17) is 9.72 Å². The molecular weight excluding hydrogens is 580 g/mol. The summed E-state index contributed by atoms with van der Waals surface area (Å²) in [6.07, 6.45) is 16.5. The number of ether oxygens (including phenoxy) is 1. The summed E-state index contributed by atoms with van der Waals surface area (Å²) >= 11 is -0.416. The molecule has 0 aliphatic heterocycles. The number of carbonyl (C=O) groups is 1. The number of aromatic nitrogens is 5. The van der Waals surface area contributed by atoms with Gasteiger partial charge in [-0.3, -0.25) is 4.79 Å². The summed E-state index contributed by atoms with van der Waals surface area (Å²) in [5, 5.41) is 9.05. The lowest BCUT2D eigenvalue weighted by atomic mass is 9.69. The molecule has 0 bridgehead atoms. The second-order valence-electron chi connectivity index (χ2n) is 11.1. The summed E-state index contributed by atoms with van der Waals surface area (Å²) in [4.78, 5) is 20.4. The number of carbonyl (C=O) groups excluding carboxylic acids is 1. The predicted molar refractivity (Wildman–Crippen MR) is 165 cm³/mol. The first-order chi connectivity index (χ1) is 20.3. The molecule has 0 radical (unpaired) electrons. The molecule has 0 atom stereocenters. The number of hydrogen-bond donors (Lipinski definition) is 0. The van der Waals surface area contributed by atoms with E-state index < -0.39 is 5.41 Å². The summed E-state index contributed by atoms with van der Waals surface area (Å²) in [5.41, 5.74) is 4.00. The Morgan fingerprint density at radius 2 is 1.95 bits per heavy atom. The number of rotatable bonds is 11. The molecule has 0 aromatic carbocycles. The van der Waals surface area contributed by atoms with E-state index in [0.717, 1.165) is 51.9 Å². The van der Waals surface area contributed by atoms with Gasteiger partial charge in [0, 0.05) is 54.4 Å². The summed E-state index contributed by atoms with van der Waals surface area (Å²) in [5.74, 6) is 0.462. The van der Waals surface area contributed by atoms with E-state index in [-0.39, 0.29) is 42.3 Å². The number of halogens is 2. The third-order valence-electron chi connectivity index (χ3n) is 8.55. The number of anilines is 1. The zero-order chi connectivity index (χ0) is 29.9. The van der Waals surface area contributed by atoms with Gasteiger partial charge in [0.15, 0.2) is 36.1 Å². The van der Waals surface area contributed by atoms with Crippen molar-refractivity contribution in [1.29, 1.82) is 0 Å². The van der Waals surface area contributed by atoms with Crippen molar-refractivity contribution in [3.8, 4) is 11.1 Å². The second kappa shape index (κ2) is 13.2. The van der Waals surface area contributed by atoms with Crippen LogP contribution in [0.1, 0.15) is 69.5 Å². The number of fused-ring (bicyclic) bond motifs is 1. The Balaban J connectivity index is 1.49.